The number of amides is 1. The third kappa shape index (κ3) is 3.70. The maximum Gasteiger partial charge on any atom is 0.311 e. The van der Waals surface area contributed by atoms with Gasteiger partial charge in [-0.2, -0.15) is 0 Å². The highest BCUT2D eigenvalue weighted by Crippen LogP contribution is 2.25. The summed E-state index contributed by atoms with van der Waals surface area (Å²) in [5, 5.41) is 15.3. The molecule has 0 aromatic heterocycles. The van der Waals surface area contributed by atoms with E-state index in [1.165, 1.54) is 0 Å². The number of rotatable bonds is 7. The number of hydrogen-bond acceptors (Lipinski definition) is 3. The van der Waals surface area contributed by atoms with E-state index in [9.17, 15) is 14.7 Å². The lowest BCUT2D eigenvalue weighted by atomic mass is 9.82. The molecule has 0 saturated carbocycles. The zero-order valence-electron chi connectivity index (χ0n) is 11.3. The van der Waals surface area contributed by atoms with Gasteiger partial charge in [-0.3, -0.25) is 9.59 Å². The highest BCUT2D eigenvalue weighted by molar-refractivity contribution is 5.79. The predicted octanol–water partition coefficient (Wildman–Crippen LogP) is 1.14. The van der Waals surface area contributed by atoms with Crippen LogP contribution in [0.25, 0.3) is 0 Å². The van der Waals surface area contributed by atoms with Crippen LogP contribution >= 0.6 is 0 Å². The van der Waals surface area contributed by atoms with Gasteiger partial charge >= 0.3 is 5.97 Å². The van der Waals surface area contributed by atoms with Crippen molar-refractivity contribution < 1.29 is 14.7 Å². The highest BCUT2D eigenvalue weighted by Gasteiger charge is 2.35. The fourth-order valence-corrected chi connectivity index (χ4v) is 2.37. The van der Waals surface area contributed by atoms with Crippen LogP contribution in [0.15, 0.2) is 0 Å². The van der Waals surface area contributed by atoms with E-state index in [1.54, 1.807) is 0 Å². The molecule has 5 heteroatoms. The second-order valence-electron chi connectivity index (χ2n) is 5.07. The Labute approximate surface area is 108 Å². The minimum absolute atomic E-state index is 0.0538. The zero-order chi connectivity index (χ0) is 13.6. The normalized spacial score (nSPS) is 19.8. The van der Waals surface area contributed by atoms with Gasteiger partial charge in [0.15, 0.2) is 0 Å². The minimum atomic E-state index is -0.827. The quantitative estimate of drug-likeness (QED) is 0.638. The molecule has 0 spiro atoms. The highest BCUT2D eigenvalue weighted by atomic mass is 16.4. The fourth-order valence-electron chi connectivity index (χ4n) is 2.37. The fraction of sp³-hybridized carbons (Fsp3) is 0.846. The van der Waals surface area contributed by atoms with Gasteiger partial charge < -0.3 is 15.7 Å². The molecule has 1 amide bonds. The molecular formula is C13H24N2O3. The summed E-state index contributed by atoms with van der Waals surface area (Å²) in [4.78, 5) is 23.0. The van der Waals surface area contributed by atoms with Crippen LogP contribution in [0.5, 0.6) is 0 Å². The molecular weight excluding hydrogens is 232 g/mol. The van der Waals surface area contributed by atoms with Crippen LogP contribution < -0.4 is 10.6 Å². The van der Waals surface area contributed by atoms with Crippen LogP contribution in [-0.4, -0.2) is 36.1 Å². The lowest BCUT2D eigenvalue weighted by molar-refractivity contribution is -0.149. The molecule has 1 rings (SSSR count). The Morgan fingerprint density at radius 2 is 2.06 bits per heavy atom. The molecule has 1 heterocycles. The number of carboxylic acids is 1. The van der Waals surface area contributed by atoms with Crippen molar-refractivity contribution in [2.75, 3.05) is 13.1 Å². The summed E-state index contributed by atoms with van der Waals surface area (Å²) in [5.41, 5.74) is -0.821. The second kappa shape index (κ2) is 6.73. The molecule has 1 fully saturated rings. The first-order valence-corrected chi connectivity index (χ1v) is 6.77. The molecule has 0 aromatic rings. The SMILES string of the molecule is CCC(CC)(CNC(=O)CC1CCCN1)C(=O)O. The molecule has 0 radical (unpaired) electrons. The van der Waals surface area contributed by atoms with Crippen LogP contribution in [0.1, 0.15) is 46.0 Å². The van der Waals surface area contributed by atoms with E-state index in [0.29, 0.717) is 19.3 Å². The Kier molecular flexibility index (Phi) is 5.59. The summed E-state index contributed by atoms with van der Waals surface area (Å²) in [6, 6.07) is 0.257. The topological polar surface area (TPSA) is 78.4 Å². The van der Waals surface area contributed by atoms with Crippen LogP contribution in [0, 0.1) is 5.41 Å². The number of carbonyl (C=O) groups is 2. The van der Waals surface area contributed by atoms with Crippen molar-refractivity contribution in [3.05, 3.63) is 0 Å². The monoisotopic (exact) mass is 256 g/mol. The molecule has 1 unspecified atom stereocenters. The van der Waals surface area contributed by atoms with Gasteiger partial charge in [-0.15, -0.1) is 0 Å². The number of hydrogen-bond donors (Lipinski definition) is 3. The van der Waals surface area contributed by atoms with E-state index in [2.05, 4.69) is 10.6 Å². The van der Waals surface area contributed by atoms with Gasteiger partial charge in [0.25, 0.3) is 0 Å². The van der Waals surface area contributed by atoms with Crippen molar-refractivity contribution in [3.8, 4) is 0 Å². The van der Waals surface area contributed by atoms with E-state index < -0.39 is 11.4 Å². The van der Waals surface area contributed by atoms with Crippen LogP contribution in [0.2, 0.25) is 0 Å². The lowest BCUT2D eigenvalue weighted by Crippen LogP contribution is -2.43. The molecule has 1 atom stereocenters. The Bertz CT molecular complexity index is 295. The Morgan fingerprint density at radius 1 is 1.39 bits per heavy atom. The van der Waals surface area contributed by atoms with E-state index >= 15 is 0 Å². The first kappa shape index (κ1) is 15.0. The summed E-state index contributed by atoms with van der Waals surface area (Å²) >= 11 is 0. The molecule has 3 N–H and O–H groups in total. The first-order chi connectivity index (χ1) is 8.54. The van der Waals surface area contributed by atoms with Crippen molar-refractivity contribution in [2.24, 2.45) is 5.41 Å². The third-order valence-corrected chi connectivity index (χ3v) is 4.03. The summed E-state index contributed by atoms with van der Waals surface area (Å²) in [7, 11) is 0. The molecule has 104 valence electrons. The molecule has 1 aliphatic rings. The smallest absolute Gasteiger partial charge is 0.311 e. The van der Waals surface area contributed by atoms with E-state index in [1.807, 2.05) is 13.8 Å². The molecule has 1 aliphatic heterocycles. The summed E-state index contributed by atoms with van der Waals surface area (Å²) in [5.74, 6) is -0.881. The molecule has 0 aliphatic carbocycles. The van der Waals surface area contributed by atoms with Crippen molar-refractivity contribution in [3.63, 3.8) is 0 Å². The van der Waals surface area contributed by atoms with Crippen molar-refractivity contribution >= 4 is 11.9 Å². The van der Waals surface area contributed by atoms with E-state index in [-0.39, 0.29) is 18.5 Å². The minimum Gasteiger partial charge on any atom is -0.481 e. The average Bonchev–Trinajstić information content (AvgIpc) is 2.83. The number of carboxylic acid groups (broad SMARTS) is 1. The van der Waals surface area contributed by atoms with Crippen molar-refractivity contribution in [1.82, 2.24) is 10.6 Å². The zero-order valence-corrected chi connectivity index (χ0v) is 11.3. The van der Waals surface area contributed by atoms with Crippen molar-refractivity contribution in [2.45, 2.75) is 52.0 Å². The largest absolute Gasteiger partial charge is 0.481 e. The lowest BCUT2D eigenvalue weighted by Gasteiger charge is -2.27. The van der Waals surface area contributed by atoms with Gasteiger partial charge in [0.05, 0.1) is 5.41 Å². The van der Waals surface area contributed by atoms with Gasteiger partial charge in [0, 0.05) is 19.0 Å². The summed E-state index contributed by atoms with van der Waals surface area (Å²) < 4.78 is 0. The summed E-state index contributed by atoms with van der Waals surface area (Å²) in [6.45, 7) is 4.90. The predicted molar refractivity (Wildman–Crippen MR) is 69.3 cm³/mol. The van der Waals surface area contributed by atoms with Crippen LogP contribution in [0.4, 0.5) is 0 Å². The Balaban J connectivity index is 2.41. The number of aliphatic carboxylic acids is 1. The maximum absolute atomic E-state index is 11.8. The number of carbonyl (C=O) groups excluding carboxylic acids is 1. The molecule has 18 heavy (non-hydrogen) atoms. The van der Waals surface area contributed by atoms with E-state index in [0.717, 1.165) is 19.4 Å². The van der Waals surface area contributed by atoms with Crippen LogP contribution in [0.3, 0.4) is 0 Å². The van der Waals surface area contributed by atoms with Gasteiger partial charge in [-0.1, -0.05) is 13.8 Å². The second-order valence-corrected chi connectivity index (χ2v) is 5.07. The third-order valence-electron chi connectivity index (χ3n) is 4.03. The Morgan fingerprint density at radius 3 is 2.50 bits per heavy atom. The van der Waals surface area contributed by atoms with Crippen molar-refractivity contribution in [1.29, 1.82) is 0 Å². The molecule has 0 bridgehead atoms. The van der Waals surface area contributed by atoms with Gasteiger partial charge in [-0.25, -0.2) is 0 Å². The maximum atomic E-state index is 11.8. The molecule has 5 nitrogen and oxygen atoms in total. The Hall–Kier alpha value is -1.10. The molecule has 0 aromatic carbocycles. The average molecular weight is 256 g/mol. The first-order valence-electron chi connectivity index (χ1n) is 6.77. The van der Waals surface area contributed by atoms with Gasteiger partial charge in [-0.05, 0) is 32.2 Å². The van der Waals surface area contributed by atoms with Crippen LogP contribution in [-0.2, 0) is 9.59 Å². The standard InChI is InChI=1S/C13H24N2O3/c1-3-13(4-2,12(17)18)9-15-11(16)8-10-6-5-7-14-10/h10,14H,3-9H2,1-2H3,(H,15,16)(H,17,18). The van der Waals surface area contributed by atoms with Gasteiger partial charge in [0.2, 0.25) is 5.91 Å². The number of nitrogens with one attached hydrogen (secondary N) is 2. The molecule has 1 saturated heterocycles. The summed E-state index contributed by atoms with van der Waals surface area (Å²) in [6.07, 6.45) is 3.64. The van der Waals surface area contributed by atoms with E-state index in [4.69, 9.17) is 0 Å². The van der Waals surface area contributed by atoms with Gasteiger partial charge in [0.1, 0.15) is 0 Å².